The van der Waals surface area contributed by atoms with Gasteiger partial charge in [0.15, 0.2) is 0 Å². The largest absolute Gasteiger partial charge is 0.494 e. The quantitative estimate of drug-likeness (QED) is 0.556. The maximum atomic E-state index is 11.3. The number of rotatable bonds is 10. The third kappa shape index (κ3) is 9.28. The first kappa shape index (κ1) is 16.8. The van der Waals surface area contributed by atoms with Crippen molar-refractivity contribution in [3.8, 4) is 5.75 Å². The molecule has 0 aromatic heterocycles. The normalized spacial score (nSPS) is 9.90. The van der Waals surface area contributed by atoms with Crippen LogP contribution in [0.1, 0.15) is 6.42 Å². The second kappa shape index (κ2) is 10.5. The summed E-state index contributed by atoms with van der Waals surface area (Å²) in [5.41, 5.74) is 0. The molecule has 1 aromatic carbocycles. The predicted molar refractivity (Wildman–Crippen MR) is 76.4 cm³/mol. The van der Waals surface area contributed by atoms with Gasteiger partial charge in [0, 0.05) is 13.1 Å². The van der Waals surface area contributed by atoms with Crippen molar-refractivity contribution in [1.29, 1.82) is 0 Å². The molecule has 0 saturated heterocycles. The number of ether oxygens (including phenoxy) is 2. The van der Waals surface area contributed by atoms with Gasteiger partial charge in [0.2, 0.25) is 0 Å². The molecule has 0 unspecified atom stereocenters. The smallest absolute Gasteiger partial charge is 0.329 e. The number of benzene rings is 1. The Morgan fingerprint density at radius 3 is 2.48 bits per heavy atom. The van der Waals surface area contributed by atoms with Crippen molar-refractivity contribution in [3.63, 3.8) is 0 Å². The molecule has 0 aliphatic carbocycles. The number of carboxylic acids is 1. The summed E-state index contributed by atoms with van der Waals surface area (Å²) in [6.45, 7) is 1.08. The van der Waals surface area contributed by atoms with Gasteiger partial charge in [-0.15, -0.1) is 0 Å². The lowest BCUT2D eigenvalue weighted by molar-refractivity contribution is -0.142. The van der Waals surface area contributed by atoms with Gasteiger partial charge in [-0.3, -0.25) is 0 Å². The second-order valence-corrected chi connectivity index (χ2v) is 4.14. The molecule has 7 heteroatoms. The van der Waals surface area contributed by atoms with Crippen molar-refractivity contribution >= 4 is 12.0 Å². The number of carbonyl (C=O) groups excluding carboxylic acids is 1. The fourth-order valence-corrected chi connectivity index (χ4v) is 1.44. The molecule has 0 fully saturated rings. The molecule has 21 heavy (non-hydrogen) atoms. The minimum absolute atomic E-state index is 0.164. The van der Waals surface area contributed by atoms with E-state index >= 15 is 0 Å². The van der Waals surface area contributed by atoms with Gasteiger partial charge in [-0.25, -0.2) is 9.59 Å². The lowest BCUT2D eigenvalue weighted by Gasteiger charge is -2.08. The van der Waals surface area contributed by atoms with E-state index in [0.717, 1.165) is 5.75 Å². The lowest BCUT2D eigenvalue weighted by Crippen LogP contribution is -2.38. The number of carboxylic acid groups (broad SMARTS) is 1. The molecule has 3 N–H and O–H groups in total. The van der Waals surface area contributed by atoms with Crippen LogP contribution >= 0.6 is 0 Å². The molecule has 0 radical (unpaired) electrons. The standard InChI is InChI=1S/C14H20N2O5/c17-13(18)11-20-10-8-16-14(19)15-7-4-9-21-12-5-2-1-3-6-12/h1-3,5-6H,4,7-11H2,(H,17,18)(H2,15,16,19). The molecular weight excluding hydrogens is 276 g/mol. The zero-order chi connectivity index (χ0) is 15.3. The van der Waals surface area contributed by atoms with Crippen molar-refractivity contribution < 1.29 is 24.2 Å². The SMILES string of the molecule is O=C(O)COCCNC(=O)NCCCOc1ccccc1. The van der Waals surface area contributed by atoms with Crippen LogP contribution < -0.4 is 15.4 Å². The van der Waals surface area contributed by atoms with Gasteiger partial charge < -0.3 is 25.2 Å². The first-order chi connectivity index (χ1) is 10.2. The van der Waals surface area contributed by atoms with E-state index in [-0.39, 0.29) is 25.8 Å². The van der Waals surface area contributed by atoms with Crippen molar-refractivity contribution in [1.82, 2.24) is 10.6 Å². The highest BCUT2D eigenvalue weighted by molar-refractivity contribution is 5.73. The van der Waals surface area contributed by atoms with Crippen molar-refractivity contribution in [3.05, 3.63) is 30.3 Å². The van der Waals surface area contributed by atoms with Gasteiger partial charge in [-0.2, -0.15) is 0 Å². The topological polar surface area (TPSA) is 96.9 Å². The van der Waals surface area contributed by atoms with E-state index in [9.17, 15) is 9.59 Å². The van der Waals surface area contributed by atoms with Gasteiger partial charge in [0.25, 0.3) is 0 Å². The number of para-hydroxylation sites is 1. The van der Waals surface area contributed by atoms with Crippen LogP contribution in [0.4, 0.5) is 4.79 Å². The molecule has 116 valence electrons. The van der Waals surface area contributed by atoms with Crippen LogP contribution in [0.3, 0.4) is 0 Å². The van der Waals surface area contributed by atoms with Gasteiger partial charge >= 0.3 is 12.0 Å². The third-order valence-electron chi connectivity index (χ3n) is 2.38. The highest BCUT2D eigenvalue weighted by Gasteiger charge is 2.00. The summed E-state index contributed by atoms with van der Waals surface area (Å²) in [5, 5.41) is 13.6. The molecule has 0 heterocycles. The maximum absolute atomic E-state index is 11.3. The van der Waals surface area contributed by atoms with Crippen LogP contribution in [0.5, 0.6) is 5.75 Å². The lowest BCUT2D eigenvalue weighted by atomic mass is 10.3. The first-order valence-electron chi connectivity index (χ1n) is 6.67. The molecule has 0 atom stereocenters. The van der Waals surface area contributed by atoms with E-state index in [1.54, 1.807) is 0 Å². The molecular formula is C14H20N2O5. The molecule has 0 bridgehead atoms. The monoisotopic (exact) mass is 296 g/mol. The summed E-state index contributed by atoms with van der Waals surface area (Å²) < 4.78 is 10.3. The molecule has 0 aliphatic rings. The van der Waals surface area contributed by atoms with Gasteiger partial charge in [0.05, 0.1) is 13.2 Å². The molecule has 0 aliphatic heterocycles. The van der Waals surface area contributed by atoms with Crippen LogP contribution in [-0.4, -0.2) is 50.0 Å². The van der Waals surface area contributed by atoms with E-state index < -0.39 is 5.97 Å². The molecule has 7 nitrogen and oxygen atoms in total. The van der Waals surface area contributed by atoms with Gasteiger partial charge in [-0.1, -0.05) is 18.2 Å². The van der Waals surface area contributed by atoms with Gasteiger partial charge in [-0.05, 0) is 18.6 Å². The Labute approximate surface area is 123 Å². The number of nitrogens with one attached hydrogen (secondary N) is 2. The van der Waals surface area contributed by atoms with E-state index in [1.165, 1.54) is 0 Å². The van der Waals surface area contributed by atoms with Crippen LogP contribution in [0.25, 0.3) is 0 Å². The summed E-state index contributed by atoms with van der Waals surface area (Å²) in [6, 6.07) is 9.14. The van der Waals surface area contributed by atoms with E-state index in [4.69, 9.17) is 14.6 Å². The van der Waals surface area contributed by atoms with Crippen molar-refractivity contribution in [2.24, 2.45) is 0 Å². The average Bonchev–Trinajstić information content (AvgIpc) is 2.47. The van der Waals surface area contributed by atoms with Crippen LogP contribution in [0.2, 0.25) is 0 Å². The predicted octanol–water partition coefficient (Wildman–Crippen LogP) is 0.856. The molecule has 2 amide bonds. The number of hydrogen-bond donors (Lipinski definition) is 3. The van der Waals surface area contributed by atoms with Crippen molar-refractivity contribution in [2.45, 2.75) is 6.42 Å². The average molecular weight is 296 g/mol. The zero-order valence-corrected chi connectivity index (χ0v) is 11.7. The summed E-state index contributed by atoms with van der Waals surface area (Å²) >= 11 is 0. The Balaban J connectivity index is 1.92. The Morgan fingerprint density at radius 1 is 1.05 bits per heavy atom. The minimum atomic E-state index is -1.03. The number of aliphatic carboxylic acids is 1. The second-order valence-electron chi connectivity index (χ2n) is 4.14. The van der Waals surface area contributed by atoms with E-state index in [2.05, 4.69) is 10.6 Å². The molecule has 0 saturated carbocycles. The number of amides is 2. The number of hydrogen-bond acceptors (Lipinski definition) is 4. The van der Waals surface area contributed by atoms with E-state index in [1.807, 2.05) is 30.3 Å². The molecule has 0 spiro atoms. The summed E-state index contributed by atoms with van der Waals surface area (Å²) in [4.78, 5) is 21.5. The highest BCUT2D eigenvalue weighted by atomic mass is 16.5. The maximum Gasteiger partial charge on any atom is 0.329 e. The summed E-state index contributed by atoms with van der Waals surface area (Å²) in [5.74, 6) is -0.226. The van der Waals surface area contributed by atoms with Crippen LogP contribution in [0.15, 0.2) is 30.3 Å². The third-order valence-corrected chi connectivity index (χ3v) is 2.38. The first-order valence-corrected chi connectivity index (χ1v) is 6.67. The Kier molecular flexibility index (Phi) is 8.39. The summed E-state index contributed by atoms with van der Waals surface area (Å²) in [6.07, 6.45) is 0.692. The fraction of sp³-hybridized carbons (Fsp3) is 0.429. The number of carbonyl (C=O) groups is 2. The molecule has 1 aromatic rings. The van der Waals surface area contributed by atoms with E-state index in [0.29, 0.717) is 19.6 Å². The van der Waals surface area contributed by atoms with Crippen LogP contribution in [0, 0.1) is 0 Å². The Hall–Kier alpha value is -2.28. The molecule has 1 rings (SSSR count). The highest BCUT2D eigenvalue weighted by Crippen LogP contribution is 2.07. The summed E-state index contributed by atoms with van der Waals surface area (Å²) in [7, 11) is 0. The zero-order valence-electron chi connectivity index (χ0n) is 11.7. The Morgan fingerprint density at radius 2 is 1.76 bits per heavy atom. The Bertz CT molecular complexity index is 425. The van der Waals surface area contributed by atoms with Crippen LogP contribution in [-0.2, 0) is 9.53 Å². The number of urea groups is 1. The van der Waals surface area contributed by atoms with Gasteiger partial charge in [0.1, 0.15) is 12.4 Å². The minimum Gasteiger partial charge on any atom is -0.494 e. The van der Waals surface area contributed by atoms with Crippen molar-refractivity contribution in [2.75, 3.05) is 32.9 Å². The fourth-order valence-electron chi connectivity index (χ4n) is 1.44.